The Hall–Kier alpha value is -0.580. The molecule has 0 bridgehead atoms. The Bertz CT molecular complexity index is 371. The van der Waals surface area contributed by atoms with E-state index in [1.807, 2.05) is 18.2 Å². The average molecular weight is 306 g/mol. The Labute approximate surface area is 108 Å². The fraction of sp³-hybridized carbons (Fsp3) is 0.364. The van der Waals surface area contributed by atoms with Crippen molar-refractivity contribution in [3.8, 4) is 0 Å². The highest BCUT2D eigenvalue weighted by Gasteiger charge is 1.99. The lowest BCUT2D eigenvalue weighted by Gasteiger charge is -2.05. The molecule has 0 aliphatic heterocycles. The lowest BCUT2D eigenvalue weighted by atomic mass is 10.2. The zero-order valence-corrected chi connectivity index (χ0v) is 11.1. The van der Waals surface area contributed by atoms with Crippen LogP contribution in [0.2, 0.25) is 5.02 Å². The number of benzene rings is 1. The van der Waals surface area contributed by atoms with Crippen LogP contribution in [0.15, 0.2) is 22.7 Å². The van der Waals surface area contributed by atoms with Crippen LogP contribution >= 0.6 is 27.5 Å². The second-order valence-corrected chi connectivity index (χ2v) is 4.76. The van der Waals surface area contributed by atoms with E-state index in [0.29, 0.717) is 11.4 Å². The molecule has 0 aliphatic carbocycles. The van der Waals surface area contributed by atoms with E-state index in [0.717, 1.165) is 29.5 Å². The van der Waals surface area contributed by atoms with E-state index in [1.54, 1.807) is 0 Å². The van der Waals surface area contributed by atoms with Gasteiger partial charge in [0.25, 0.3) is 0 Å². The van der Waals surface area contributed by atoms with Crippen LogP contribution in [-0.2, 0) is 11.3 Å². The summed E-state index contributed by atoms with van der Waals surface area (Å²) in [6, 6.07) is 5.83. The maximum atomic E-state index is 10.5. The Morgan fingerprint density at radius 3 is 2.88 bits per heavy atom. The molecule has 5 heteroatoms. The fourth-order valence-corrected chi connectivity index (χ4v) is 1.72. The third-order valence-corrected chi connectivity index (χ3v) is 3.32. The van der Waals surface area contributed by atoms with Gasteiger partial charge < -0.3 is 11.1 Å². The number of nitrogens with one attached hydrogen (secondary N) is 1. The maximum Gasteiger partial charge on any atom is 0.217 e. The number of rotatable bonds is 6. The molecule has 1 rings (SSSR count). The monoisotopic (exact) mass is 304 g/mol. The lowest BCUT2D eigenvalue weighted by molar-refractivity contribution is -0.118. The Morgan fingerprint density at radius 2 is 2.25 bits per heavy atom. The third-order valence-electron chi connectivity index (χ3n) is 2.09. The summed E-state index contributed by atoms with van der Waals surface area (Å²) in [4.78, 5) is 10.5. The van der Waals surface area contributed by atoms with E-state index >= 15 is 0 Å². The van der Waals surface area contributed by atoms with Gasteiger partial charge >= 0.3 is 0 Å². The smallest absolute Gasteiger partial charge is 0.217 e. The van der Waals surface area contributed by atoms with Gasteiger partial charge in [-0.2, -0.15) is 0 Å². The van der Waals surface area contributed by atoms with Gasteiger partial charge in [-0.05, 0) is 46.6 Å². The Balaban J connectivity index is 2.27. The van der Waals surface area contributed by atoms with Gasteiger partial charge in [0.15, 0.2) is 0 Å². The van der Waals surface area contributed by atoms with Gasteiger partial charge in [0, 0.05) is 17.4 Å². The van der Waals surface area contributed by atoms with Crippen molar-refractivity contribution in [2.45, 2.75) is 19.4 Å². The SMILES string of the molecule is NC(=O)CCCNCc1ccc(Br)c(Cl)c1. The zero-order chi connectivity index (χ0) is 12.0. The molecule has 1 aromatic rings. The van der Waals surface area contributed by atoms with Gasteiger partial charge in [-0.25, -0.2) is 0 Å². The van der Waals surface area contributed by atoms with Crippen molar-refractivity contribution in [3.05, 3.63) is 33.3 Å². The Kier molecular flexibility index (Phi) is 5.80. The molecule has 0 fully saturated rings. The van der Waals surface area contributed by atoms with Crippen LogP contribution in [0.4, 0.5) is 0 Å². The lowest BCUT2D eigenvalue weighted by Crippen LogP contribution is -2.18. The quantitative estimate of drug-likeness (QED) is 0.793. The summed E-state index contributed by atoms with van der Waals surface area (Å²) in [5.41, 5.74) is 6.15. The predicted molar refractivity (Wildman–Crippen MR) is 69.3 cm³/mol. The molecule has 0 aromatic heterocycles. The summed E-state index contributed by atoms with van der Waals surface area (Å²) in [5.74, 6) is -0.256. The minimum Gasteiger partial charge on any atom is -0.370 e. The maximum absolute atomic E-state index is 10.5. The van der Waals surface area contributed by atoms with Crippen molar-refractivity contribution in [3.63, 3.8) is 0 Å². The van der Waals surface area contributed by atoms with Gasteiger partial charge in [0.2, 0.25) is 5.91 Å². The molecule has 1 amide bonds. The van der Waals surface area contributed by atoms with Crippen LogP contribution < -0.4 is 11.1 Å². The summed E-state index contributed by atoms with van der Waals surface area (Å²) in [6.45, 7) is 1.52. The van der Waals surface area contributed by atoms with Crippen LogP contribution in [-0.4, -0.2) is 12.5 Å². The predicted octanol–water partition coefficient (Wildman–Crippen LogP) is 2.46. The molecule has 0 atom stereocenters. The van der Waals surface area contributed by atoms with E-state index in [4.69, 9.17) is 17.3 Å². The van der Waals surface area contributed by atoms with Crippen molar-refractivity contribution in [1.29, 1.82) is 0 Å². The highest BCUT2D eigenvalue weighted by Crippen LogP contribution is 2.22. The molecule has 0 heterocycles. The summed E-state index contributed by atoms with van der Waals surface area (Å²) in [7, 11) is 0. The van der Waals surface area contributed by atoms with Crippen LogP contribution in [0.1, 0.15) is 18.4 Å². The summed E-state index contributed by atoms with van der Waals surface area (Å²) in [6.07, 6.45) is 1.19. The largest absolute Gasteiger partial charge is 0.370 e. The van der Waals surface area contributed by atoms with Crippen molar-refractivity contribution >= 4 is 33.4 Å². The molecule has 0 unspecified atom stereocenters. The third kappa shape index (κ3) is 4.96. The normalized spacial score (nSPS) is 10.4. The standard InChI is InChI=1S/C11H14BrClN2O/c12-9-4-3-8(6-10(9)13)7-15-5-1-2-11(14)16/h3-4,6,15H,1-2,5,7H2,(H2,14,16). The minimum atomic E-state index is -0.256. The van der Waals surface area contributed by atoms with Crippen LogP contribution in [0.3, 0.4) is 0 Å². The minimum absolute atomic E-state index is 0.256. The number of primary amides is 1. The number of carbonyl (C=O) groups is 1. The summed E-state index contributed by atoms with van der Waals surface area (Å²) >= 11 is 9.29. The molecule has 3 nitrogen and oxygen atoms in total. The number of nitrogens with two attached hydrogens (primary N) is 1. The molecule has 0 saturated heterocycles. The van der Waals surface area contributed by atoms with E-state index < -0.39 is 0 Å². The number of halogens is 2. The van der Waals surface area contributed by atoms with Crippen molar-refractivity contribution in [2.24, 2.45) is 5.73 Å². The van der Waals surface area contributed by atoms with Crippen molar-refractivity contribution in [2.75, 3.05) is 6.54 Å². The molecule has 3 N–H and O–H groups in total. The highest BCUT2D eigenvalue weighted by atomic mass is 79.9. The molecule has 0 aliphatic rings. The number of amides is 1. The molecule has 16 heavy (non-hydrogen) atoms. The number of hydrogen-bond donors (Lipinski definition) is 2. The molecule has 0 saturated carbocycles. The van der Waals surface area contributed by atoms with Gasteiger partial charge in [0.1, 0.15) is 0 Å². The second-order valence-electron chi connectivity index (χ2n) is 3.50. The first-order valence-corrected chi connectivity index (χ1v) is 6.19. The van der Waals surface area contributed by atoms with E-state index in [-0.39, 0.29) is 5.91 Å². The van der Waals surface area contributed by atoms with Crippen LogP contribution in [0, 0.1) is 0 Å². The average Bonchev–Trinajstić information content (AvgIpc) is 2.22. The molecular formula is C11H14BrClN2O. The molecule has 88 valence electrons. The Morgan fingerprint density at radius 1 is 1.50 bits per heavy atom. The molecule has 1 aromatic carbocycles. The zero-order valence-electron chi connectivity index (χ0n) is 8.80. The first kappa shape index (κ1) is 13.5. The molecular weight excluding hydrogens is 291 g/mol. The van der Waals surface area contributed by atoms with E-state index in [2.05, 4.69) is 21.2 Å². The first-order valence-electron chi connectivity index (χ1n) is 5.02. The van der Waals surface area contributed by atoms with Crippen molar-refractivity contribution < 1.29 is 4.79 Å². The van der Waals surface area contributed by atoms with Gasteiger partial charge in [-0.15, -0.1) is 0 Å². The van der Waals surface area contributed by atoms with E-state index in [9.17, 15) is 4.79 Å². The number of hydrogen-bond acceptors (Lipinski definition) is 2. The van der Waals surface area contributed by atoms with Gasteiger partial charge in [-0.3, -0.25) is 4.79 Å². The van der Waals surface area contributed by atoms with Crippen molar-refractivity contribution in [1.82, 2.24) is 5.32 Å². The number of carbonyl (C=O) groups excluding carboxylic acids is 1. The first-order chi connectivity index (χ1) is 7.59. The van der Waals surface area contributed by atoms with Crippen LogP contribution in [0.25, 0.3) is 0 Å². The van der Waals surface area contributed by atoms with E-state index in [1.165, 1.54) is 0 Å². The summed E-state index contributed by atoms with van der Waals surface area (Å²) in [5, 5.41) is 3.93. The fourth-order valence-electron chi connectivity index (χ4n) is 1.27. The highest BCUT2D eigenvalue weighted by molar-refractivity contribution is 9.10. The van der Waals surface area contributed by atoms with Crippen LogP contribution in [0.5, 0.6) is 0 Å². The van der Waals surface area contributed by atoms with Gasteiger partial charge in [-0.1, -0.05) is 17.7 Å². The second kappa shape index (κ2) is 6.89. The molecule has 0 radical (unpaired) electrons. The molecule has 0 spiro atoms. The topological polar surface area (TPSA) is 55.1 Å². The van der Waals surface area contributed by atoms with Gasteiger partial charge in [0.05, 0.1) is 5.02 Å². The summed E-state index contributed by atoms with van der Waals surface area (Å²) < 4.78 is 0.895.